The van der Waals surface area contributed by atoms with Crippen LogP contribution in [0.25, 0.3) is 0 Å². The van der Waals surface area contributed by atoms with Crippen molar-refractivity contribution in [3.05, 3.63) is 38.4 Å². The van der Waals surface area contributed by atoms with Crippen molar-refractivity contribution in [1.29, 1.82) is 0 Å². The standard InChI is InChI=1S/C16H21N5O3/c1-5-18-14-13(17-3)15(22)21(16(23)20(14)4)9-7-6-8-12-10-11(2)19-24-12/h5,10H,3,6-9H2,1-2,4H3/b18-5-. The molecule has 2 heterocycles. The number of hydrogen-bond acceptors (Lipinski definition) is 6. The fourth-order valence-corrected chi connectivity index (χ4v) is 2.45. The Labute approximate surface area is 139 Å². The fraction of sp³-hybridized carbons (Fsp3) is 0.438. The molecular formula is C16H21N5O3. The van der Waals surface area contributed by atoms with E-state index in [1.165, 1.54) is 15.3 Å². The zero-order chi connectivity index (χ0) is 17.7. The van der Waals surface area contributed by atoms with Gasteiger partial charge in [-0.25, -0.2) is 9.79 Å². The van der Waals surface area contributed by atoms with E-state index in [0.717, 1.165) is 17.9 Å². The highest BCUT2D eigenvalue weighted by atomic mass is 16.5. The van der Waals surface area contributed by atoms with Crippen LogP contribution in [-0.4, -0.2) is 27.2 Å². The van der Waals surface area contributed by atoms with Crippen molar-refractivity contribution in [3.8, 4) is 0 Å². The molecule has 0 atom stereocenters. The zero-order valence-electron chi connectivity index (χ0n) is 14.2. The van der Waals surface area contributed by atoms with Gasteiger partial charge in [0.15, 0.2) is 11.5 Å². The normalized spacial score (nSPS) is 11.3. The van der Waals surface area contributed by atoms with Gasteiger partial charge in [-0.2, -0.15) is 0 Å². The molecule has 0 saturated heterocycles. The number of nitrogens with zero attached hydrogens (tertiary/aromatic N) is 5. The molecule has 0 bridgehead atoms. The Kier molecular flexibility index (Phi) is 5.62. The summed E-state index contributed by atoms with van der Waals surface area (Å²) in [5.74, 6) is 1.02. The van der Waals surface area contributed by atoms with Gasteiger partial charge in [-0.1, -0.05) is 5.16 Å². The Balaban J connectivity index is 2.18. The van der Waals surface area contributed by atoms with Gasteiger partial charge in [-0.05, 0) is 33.4 Å². The van der Waals surface area contributed by atoms with Crippen LogP contribution in [0.5, 0.6) is 0 Å². The summed E-state index contributed by atoms with van der Waals surface area (Å²) >= 11 is 0. The Morgan fingerprint density at radius 2 is 2.12 bits per heavy atom. The van der Waals surface area contributed by atoms with Crippen LogP contribution in [0, 0.1) is 6.92 Å². The van der Waals surface area contributed by atoms with Crippen LogP contribution in [0.15, 0.2) is 30.2 Å². The predicted octanol–water partition coefficient (Wildman–Crippen LogP) is 1.92. The average Bonchev–Trinajstić information content (AvgIpc) is 2.97. The van der Waals surface area contributed by atoms with Crippen molar-refractivity contribution in [1.82, 2.24) is 14.3 Å². The maximum Gasteiger partial charge on any atom is 0.332 e. The van der Waals surface area contributed by atoms with E-state index < -0.39 is 11.2 Å². The van der Waals surface area contributed by atoms with Gasteiger partial charge in [0, 0.05) is 32.3 Å². The third kappa shape index (κ3) is 3.58. The summed E-state index contributed by atoms with van der Waals surface area (Å²) in [7, 11) is 1.56. The van der Waals surface area contributed by atoms with E-state index in [-0.39, 0.29) is 11.5 Å². The molecule has 0 N–H and O–H groups in total. The van der Waals surface area contributed by atoms with Gasteiger partial charge >= 0.3 is 5.69 Å². The lowest BCUT2D eigenvalue weighted by Crippen LogP contribution is -2.38. The second kappa shape index (κ2) is 7.67. The van der Waals surface area contributed by atoms with Crippen LogP contribution in [0.2, 0.25) is 0 Å². The molecule has 128 valence electrons. The Hall–Kier alpha value is -2.77. The van der Waals surface area contributed by atoms with Crippen molar-refractivity contribution in [3.63, 3.8) is 0 Å². The second-order valence-electron chi connectivity index (χ2n) is 5.41. The van der Waals surface area contributed by atoms with Crippen molar-refractivity contribution >= 4 is 24.4 Å². The molecule has 0 amide bonds. The van der Waals surface area contributed by atoms with Gasteiger partial charge in [0.05, 0.1) is 5.69 Å². The molecule has 2 rings (SSSR count). The monoisotopic (exact) mass is 331 g/mol. The van der Waals surface area contributed by atoms with Crippen LogP contribution >= 0.6 is 0 Å². The molecular weight excluding hydrogens is 310 g/mol. The molecule has 0 fully saturated rings. The molecule has 0 radical (unpaired) electrons. The number of aryl methyl sites for hydroxylation is 2. The molecule has 2 aromatic rings. The van der Waals surface area contributed by atoms with Crippen molar-refractivity contribution in [2.75, 3.05) is 0 Å². The molecule has 24 heavy (non-hydrogen) atoms. The van der Waals surface area contributed by atoms with E-state index in [1.54, 1.807) is 14.0 Å². The minimum absolute atomic E-state index is 0.0843. The van der Waals surface area contributed by atoms with Crippen molar-refractivity contribution in [2.24, 2.45) is 17.0 Å². The number of aromatic nitrogens is 3. The third-order valence-electron chi connectivity index (χ3n) is 3.64. The highest BCUT2D eigenvalue weighted by Crippen LogP contribution is 2.20. The van der Waals surface area contributed by atoms with Gasteiger partial charge in [0.2, 0.25) is 0 Å². The van der Waals surface area contributed by atoms with E-state index in [4.69, 9.17) is 4.52 Å². The quantitative estimate of drug-likeness (QED) is 0.572. The third-order valence-corrected chi connectivity index (χ3v) is 3.64. The molecule has 0 aliphatic heterocycles. The maximum atomic E-state index is 12.4. The molecule has 0 aliphatic rings. The molecule has 0 spiro atoms. The molecule has 0 aliphatic carbocycles. The van der Waals surface area contributed by atoms with E-state index in [2.05, 4.69) is 21.9 Å². The van der Waals surface area contributed by atoms with E-state index in [9.17, 15) is 9.59 Å². The lowest BCUT2D eigenvalue weighted by molar-refractivity contribution is 0.374. The van der Waals surface area contributed by atoms with Gasteiger partial charge in [-0.15, -0.1) is 0 Å². The first-order valence-electron chi connectivity index (χ1n) is 7.71. The van der Waals surface area contributed by atoms with Crippen molar-refractivity contribution in [2.45, 2.75) is 39.7 Å². The average molecular weight is 331 g/mol. The number of hydrogen-bond donors (Lipinski definition) is 0. The van der Waals surface area contributed by atoms with Gasteiger partial charge in [0.25, 0.3) is 5.56 Å². The number of rotatable bonds is 7. The van der Waals surface area contributed by atoms with Gasteiger partial charge in [-0.3, -0.25) is 18.9 Å². The SMILES string of the molecule is C=Nc1c(/N=C\C)n(C)c(=O)n(CCCCc2cc(C)no2)c1=O. The first kappa shape index (κ1) is 17.6. The summed E-state index contributed by atoms with van der Waals surface area (Å²) < 4.78 is 7.62. The topological polar surface area (TPSA) is 94.8 Å². The minimum Gasteiger partial charge on any atom is -0.361 e. The Bertz CT molecular complexity index is 873. The number of unbranched alkanes of at least 4 members (excludes halogenated alkanes) is 1. The Morgan fingerprint density at radius 1 is 1.38 bits per heavy atom. The Morgan fingerprint density at radius 3 is 2.71 bits per heavy atom. The molecule has 8 nitrogen and oxygen atoms in total. The molecule has 0 unspecified atom stereocenters. The predicted molar refractivity (Wildman–Crippen MR) is 93.2 cm³/mol. The summed E-state index contributed by atoms with van der Waals surface area (Å²) in [5.41, 5.74) is 0.0395. The lowest BCUT2D eigenvalue weighted by Gasteiger charge is -2.11. The van der Waals surface area contributed by atoms with Crippen LogP contribution in [0.3, 0.4) is 0 Å². The smallest absolute Gasteiger partial charge is 0.332 e. The summed E-state index contributed by atoms with van der Waals surface area (Å²) in [6.07, 6.45) is 3.64. The molecule has 2 aromatic heterocycles. The highest BCUT2D eigenvalue weighted by Gasteiger charge is 2.15. The maximum absolute atomic E-state index is 12.4. The van der Waals surface area contributed by atoms with Crippen LogP contribution in [0.4, 0.5) is 11.5 Å². The van der Waals surface area contributed by atoms with Gasteiger partial charge in [0.1, 0.15) is 5.76 Å². The van der Waals surface area contributed by atoms with Crippen LogP contribution in [-0.2, 0) is 20.0 Å². The lowest BCUT2D eigenvalue weighted by atomic mass is 10.2. The van der Waals surface area contributed by atoms with E-state index in [1.807, 2.05) is 13.0 Å². The summed E-state index contributed by atoms with van der Waals surface area (Å²) in [6, 6.07) is 1.88. The van der Waals surface area contributed by atoms with E-state index >= 15 is 0 Å². The molecule has 8 heteroatoms. The van der Waals surface area contributed by atoms with E-state index in [0.29, 0.717) is 19.4 Å². The molecule has 0 saturated carbocycles. The van der Waals surface area contributed by atoms with Crippen LogP contribution < -0.4 is 11.2 Å². The first-order valence-corrected chi connectivity index (χ1v) is 7.71. The number of aliphatic imine (C=N–C) groups is 2. The zero-order valence-corrected chi connectivity index (χ0v) is 14.2. The summed E-state index contributed by atoms with van der Waals surface area (Å²) in [4.78, 5) is 32.6. The van der Waals surface area contributed by atoms with Gasteiger partial charge < -0.3 is 4.52 Å². The largest absolute Gasteiger partial charge is 0.361 e. The minimum atomic E-state index is -0.468. The molecule has 0 aromatic carbocycles. The highest BCUT2D eigenvalue weighted by molar-refractivity contribution is 5.67. The second-order valence-corrected chi connectivity index (χ2v) is 5.41. The van der Waals surface area contributed by atoms with Crippen molar-refractivity contribution < 1.29 is 4.52 Å². The van der Waals surface area contributed by atoms with Crippen LogP contribution in [0.1, 0.15) is 31.2 Å². The summed E-state index contributed by atoms with van der Waals surface area (Å²) in [6.45, 7) is 7.28. The fourth-order valence-electron chi connectivity index (χ4n) is 2.45. The summed E-state index contributed by atoms with van der Waals surface area (Å²) in [5, 5.41) is 3.83. The first-order chi connectivity index (χ1) is 11.5.